The van der Waals surface area contributed by atoms with Crippen LogP contribution >= 0.6 is 11.6 Å². The van der Waals surface area contributed by atoms with E-state index in [9.17, 15) is 0 Å². The molecule has 0 saturated carbocycles. The third-order valence-electron chi connectivity index (χ3n) is 2.71. The van der Waals surface area contributed by atoms with Crippen LogP contribution in [-0.2, 0) is 6.54 Å². The van der Waals surface area contributed by atoms with Gasteiger partial charge < -0.3 is 10.1 Å². The monoisotopic (exact) mass is 276 g/mol. The molecule has 4 heteroatoms. The molecule has 0 atom stereocenters. The standard InChI is InChI=1S/C15H17ClN2O/c1-3-17-10-13-9-14(6-7-18-13)19-15-5-4-12(16)8-11(15)2/h4-9,17H,3,10H2,1-2H3. The van der Waals surface area contributed by atoms with E-state index in [1.165, 1.54) is 0 Å². The molecule has 1 heterocycles. The van der Waals surface area contributed by atoms with Crippen molar-refractivity contribution in [3.05, 3.63) is 52.8 Å². The van der Waals surface area contributed by atoms with Crippen molar-refractivity contribution in [2.24, 2.45) is 0 Å². The van der Waals surface area contributed by atoms with Gasteiger partial charge in [-0.05, 0) is 43.3 Å². The lowest BCUT2D eigenvalue weighted by Gasteiger charge is -2.10. The second-order valence-electron chi connectivity index (χ2n) is 4.28. The van der Waals surface area contributed by atoms with Crippen molar-refractivity contribution in [3.8, 4) is 11.5 Å². The Morgan fingerprint density at radius 1 is 1.26 bits per heavy atom. The maximum absolute atomic E-state index is 5.93. The third kappa shape index (κ3) is 3.94. The van der Waals surface area contributed by atoms with Crippen LogP contribution in [-0.4, -0.2) is 11.5 Å². The van der Waals surface area contributed by atoms with E-state index < -0.39 is 0 Å². The Kier molecular flexibility index (Phi) is 4.77. The number of nitrogens with one attached hydrogen (secondary N) is 1. The molecule has 2 rings (SSSR count). The Morgan fingerprint density at radius 3 is 2.84 bits per heavy atom. The molecule has 0 radical (unpaired) electrons. The average molecular weight is 277 g/mol. The van der Waals surface area contributed by atoms with E-state index in [2.05, 4.69) is 17.2 Å². The van der Waals surface area contributed by atoms with Crippen molar-refractivity contribution in [3.63, 3.8) is 0 Å². The van der Waals surface area contributed by atoms with Crippen LogP contribution in [0.3, 0.4) is 0 Å². The van der Waals surface area contributed by atoms with Gasteiger partial charge in [0.15, 0.2) is 0 Å². The Hall–Kier alpha value is -1.58. The number of nitrogens with zero attached hydrogens (tertiary/aromatic N) is 1. The molecule has 1 aromatic carbocycles. The molecule has 3 nitrogen and oxygen atoms in total. The number of hydrogen-bond donors (Lipinski definition) is 1. The summed E-state index contributed by atoms with van der Waals surface area (Å²) in [6.07, 6.45) is 1.76. The summed E-state index contributed by atoms with van der Waals surface area (Å²) in [5.74, 6) is 1.60. The second-order valence-corrected chi connectivity index (χ2v) is 4.71. The van der Waals surface area contributed by atoms with Gasteiger partial charge in [-0.3, -0.25) is 4.98 Å². The van der Waals surface area contributed by atoms with Crippen molar-refractivity contribution < 1.29 is 4.74 Å². The van der Waals surface area contributed by atoms with Crippen molar-refractivity contribution in [2.75, 3.05) is 6.54 Å². The molecule has 1 aromatic heterocycles. The predicted molar refractivity (Wildman–Crippen MR) is 77.9 cm³/mol. The number of ether oxygens (including phenoxy) is 1. The highest BCUT2D eigenvalue weighted by atomic mass is 35.5. The van der Waals surface area contributed by atoms with E-state index in [1.54, 1.807) is 6.20 Å². The van der Waals surface area contributed by atoms with E-state index in [0.29, 0.717) is 5.02 Å². The molecule has 0 aliphatic heterocycles. The minimum atomic E-state index is 0.715. The predicted octanol–water partition coefficient (Wildman–Crippen LogP) is 3.95. The number of halogens is 1. The summed E-state index contributed by atoms with van der Waals surface area (Å²) in [7, 11) is 0. The lowest BCUT2D eigenvalue weighted by Crippen LogP contribution is -2.12. The summed E-state index contributed by atoms with van der Waals surface area (Å²) in [5, 5.41) is 3.95. The van der Waals surface area contributed by atoms with Crippen LogP contribution in [0.4, 0.5) is 0 Å². The summed E-state index contributed by atoms with van der Waals surface area (Å²) < 4.78 is 5.86. The van der Waals surface area contributed by atoms with Crippen molar-refractivity contribution in [2.45, 2.75) is 20.4 Å². The van der Waals surface area contributed by atoms with Crippen LogP contribution in [0.25, 0.3) is 0 Å². The number of aromatic nitrogens is 1. The third-order valence-corrected chi connectivity index (χ3v) is 2.94. The maximum atomic E-state index is 5.93. The Morgan fingerprint density at radius 2 is 2.11 bits per heavy atom. The van der Waals surface area contributed by atoms with Crippen LogP contribution in [0.5, 0.6) is 11.5 Å². The molecule has 0 aliphatic carbocycles. The fourth-order valence-corrected chi connectivity index (χ4v) is 1.95. The molecule has 19 heavy (non-hydrogen) atoms. The summed E-state index contributed by atoms with van der Waals surface area (Å²) in [4.78, 5) is 4.29. The molecule has 0 saturated heterocycles. The lowest BCUT2D eigenvalue weighted by molar-refractivity contribution is 0.476. The van der Waals surface area contributed by atoms with E-state index in [4.69, 9.17) is 16.3 Å². The number of rotatable bonds is 5. The van der Waals surface area contributed by atoms with Crippen LogP contribution < -0.4 is 10.1 Å². The molecule has 0 amide bonds. The molecule has 0 fully saturated rings. The number of aryl methyl sites for hydroxylation is 1. The first-order valence-electron chi connectivity index (χ1n) is 6.28. The smallest absolute Gasteiger partial charge is 0.130 e. The zero-order valence-corrected chi connectivity index (χ0v) is 11.9. The highest BCUT2D eigenvalue weighted by Gasteiger charge is 2.03. The largest absolute Gasteiger partial charge is 0.457 e. The van der Waals surface area contributed by atoms with Gasteiger partial charge in [-0.1, -0.05) is 18.5 Å². The van der Waals surface area contributed by atoms with Crippen molar-refractivity contribution in [1.82, 2.24) is 10.3 Å². The lowest BCUT2D eigenvalue weighted by atomic mass is 10.2. The first kappa shape index (κ1) is 13.8. The minimum Gasteiger partial charge on any atom is -0.457 e. The molecular formula is C15H17ClN2O. The number of benzene rings is 1. The van der Waals surface area contributed by atoms with E-state index in [-0.39, 0.29) is 0 Å². The average Bonchev–Trinajstić information content (AvgIpc) is 2.40. The number of hydrogen-bond acceptors (Lipinski definition) is 3. The van der Waals surface area contributed by atoms with Gasteiger partial charge in [-0.25, -0.2) is 0 Å². The van der Waals surface area contributed by atoms with Gasteiger partial charge in [0.05, 0.1) is 5.69 Å². The topological polar surface area (TPSA) is 34.1 Å². The molecule has 1 N–H and O–H groups in total. The molecular weight excluding hydrogens is 260 g/mol. The van der Waals surface area contributed by atoms with Crippen LogP contribution in [0.15, 0.2) is 36.5 Å². The van der Waals surface area contributed by atoms with Gasteiger partial charge in [0, 0.05) is 23.8 Å². The zero-order chi connectivity index (χ0) is 13.7. The highest BCUT2D eigenvalue weighted by molar-refractivity contribution is 6.30. The van der Waals surface area contributed by atoms with E-state index >= 15 is 0 Å². The van der Waals surface area contributed by atoms with Gasteiger partial charge in [0.1, 0.15) is 11.5 Å². The van der Waals surface area contributed by atoms with Crippen molar-refractivity contribution >= 4 is 11.6 Å². The van der Waals surface area contributed by atoms with Gasteiger partial charge in [0.2, 0.25) is 0 Å². The zero-order valence-electron chi connectivity index (χ0n) is 11.1. The molecule has 2 aromatic rings. The SMILES string of the molecule is CCNCc1cc(Oc2ccc(Cl)cc2C)ccn1. The molecule has 100 valence electrons. The fourth-order valence-electron chi connectivity index (χ4n) is 1.72. The summed E-state index contributed by atoms with van der Waals surface area (Å²) in [6.45, 7) is 5.70. The summed E-state index contributed by atoms with van der Waals surface area (Å²) in [5.41, 5.74) is 1.98. The number of pyridine rings is 1. The molecule has 0 spiro atoms. The van der Waals surface area contributed by atoms with Gasteiger partial charge in [-0.15, -0.1) is 0 Å². The van der Waals surface area contributed by atoms with E-state index in [0.717, 1.165) is 35.8 Å². The van der Waals surface area contributed by atoms with Gasteiger partial charge in [0.25, 0.3) is 0 Å². The van der Waals surface area contributed by atoms with Crippen LogP contribution in [0.1, 0.15) is 18.2 Å². The normalized spacial score (nSPS) is 10.5. The van der Waals surface area contributed by atoms with Crippen LogP contribution in [0.2, 0.25) is 5.02 Å². The maximum Gasteiger partial charge on any atom is 0.130 e. The molecule has 0 bridgehead atoms. The van der Waals surface area contributed by atoms with E-state index in [1.807, 2.05) is 37.3 Å². The van der Waals surface area contributed by atoms with Crippen LogP contribution in [0, 0.1) is 6.92 Å². The van der Waals surface area contributed by atoms with Gasteiger partial charge >= 0.3 is 0 Å². The Bertz CT molecular complexity index is 558. The quantitative estimate of drug-likeness (QED) is 0.898. The van der Waals surface area contributed by atoms with Gasteiger partial charge in [-0.2, -0.15) is 0 Å². The summed E-state index contributed by atoms with van der Waals surface area (Å²) in [6, 6.07) is 9.38. The Balaban J connectivity index is 2.14. The second kappa shape index (κ2) is 6.55. The van der Waals surface area contributed by atoms with Crippen molar-refractivity contribution in [1.29, 1.82) is 0 Å². The highest BCUT2D eigenvalue weighted by Crippen LogP contribution is 2.27. The molecule has 0 aliphatic rings. The Labute approximate surface area is 118 Å². The first-order chi connectivity index (χ1) is 9.19. The summed E-state index contributed by atoms with van der Waals surface area (Å²) >= 11 is 5.93. The fraction of sp³-hybridized carbons (Fsp3) is 0.267. The minimum absolute atomic E-state index is 0.715. The molecule has 0 unspecified atom stereocenters. The first-order valence-corrected chi connectivity index (χ1v) is 6.66.